The number of fused-ring (bicyclic) bond motifs is 2. The summed E-state index contributed by atoms with van der Waals surface area (Å²) in [5.41, 5.74) is 1.63. The zero-order valence-electron chi connectivity index (χ0n) is 21.7. The molecular formula is C28H28N6O6S. The molecule has 0 unspecified atom stereocenters. The highest BCUT2D eigenvalue weighted by Gasteiger charge is 2.44. The normalized spacial score (nSPS) is 21.0. The maximum atomic E-state index is 12.9. The van der Waals surface area contributed by atoms with Gasteiger partial charge in [-0.3, -0.25) is 4.57 Å². The van der Waals surface area contributed by atoms with Crippen LogP contribution in [-0.4, -0.2) is 68.2 Å². The van der Waals surface area contributed by atoms with E-state index in [1.807, 2.05) is 42.5 Å². The summed E-state index contributed by atoms with van der Waals surface area (Å²) in [6.07, 6.45) is -3.34. The van der Waals surface area contributed by atoms with Crippen molar-refractivity contribution in [2.75, 3.05) is 11.9 Å². The number of rotatable bonds is 9. The lowest BCUT2D eigenvalue weighted by Gasteiger charge is -2.17. The lowest BCUT2D eigenvalue weighted by Crippen LogP contribution is -2.33. The number of hydrogen-bond donors (Lipinski definition) is 5. The summed E-state index contributed by atoms with van der Waals surface area (Å²) in [5, 5.41) is 35.9. The summed E-state index contributed by atoms with van der Waals surface area (Å²) < 4.78 is 35.4. The molecule has 5 aromatic rings. The molecule has 1 fully saturated rings. The fraction of sp³-hybridized carbons (Fsp3) is 0.250. The minimum Gasteiger partial charge on any atom is -0.394 e. The summed E-state index contributed by atoms with van der Waals surface area (Å²) in [5.74, 6) is 0.494. The number of benzene rings is 3. The molecule has 6 rings (SSSR count). The average molecular weight is 577 g/mol. The predicted octanol–water partition coefficient (Wildman–Crippen LogP) is 1.68. The number of sulfonamides is 1. The Kier molecular flexibility index (Phi) is 7.38. The van der Waals surface area contributed by atoms with Crippen molar-refractivity contribution in [1.82, 2.24) is 24.2 Å². The van der Waals surface area contributed by atoms with Crippen LogP contribution in [0, 0.1) is 0 Å². The van der Waals surface area contributed by atoms with E-state index in [9.17, 15) is 23.7 Å². The highest BCUT2D eigenvalue weighted by Crippen LogP contribution is 2.32. The number of nitrogens with one attached hydrogen (secondary N) is 2. The first-order chi connectivity index (χ1) is 19.9. The van der Waals surface area contributed by atoms with E-state index in [4.69, 9.17) is 4.74 Å². The topological polar surface area (TPSA) is 172 Å². The lowest BCUT2D eigenvalue weighted by atomic mass is 10.0. The van der Waals surface area contributed by atoms with Crippen LogP contribution in [-0.2, 0) is 27.8 Å². The van der Waals surface area contributed by atoms with Gasteiger partial charge in [-0.1, -0.05) is 60.7 Å². The van der Waals surface area contributed by atoms with Gasteiger partial charge in [0, 0.05) is 6.54 Å². The molecule has 0 amide bonds. The third-order valence-electron chi connectivity index (χ3n) is 7.06. The van der Waals surface area contributed by atoms with Crippen LogP contribution in [0.2, 0.25) is 0 Å². The second-order valence-corrected chi connectivity index (χ2v) is 11.4. The van der Waals surface area contributed by atoms with Gasteiger partial charge in [-0.25, -0.2) is 28.1 Å². The molecule has 0 bridgehead atoms. The number of anilines is 1. The van der Waals surface area contributed by atoms with Gasteiger partial charge in [-0.15, -0.1) is 0 Å². The van der Waals surface area contributed by atoms with Crippen LogP contribution in [0.4, 0.5) is 5.82 Å². The van der Waals surface area contributed by atoms with Gasteiger partial charge >= 0.3 is 0 Å². The fourth-order valence-electron chi connectivity index (χ4n) is 4.93. The van der Waals surface area contributed by atoms with Gasteiger partial charge in [0.25, 0.3) is 0 Å². The number of ether oxygens (including phenoxy) is 1. The number of hydrogen-bond acceptors (Lipinski definition) is 10. The van der Waals surface area contributed by atoms with Crippen molar-refractivity contribution in [3.8, 4) is 0 Å². The van der Waals surface area contributed by atoms with Crippen molar-refractivity contribution in [2.45, 2.75) is 42.5 Å². The van der Waals surface area contributed by atoms with E-state index < -0.39 is 41.2 Å². The second-order valence-electron chi connectivity index (χ2n) is 9.67. The zero-order chi connectivity index (χ0) is 28.6. The predicted molar refractivity (Wildman–Crippen MR) is 150 cm³/mol. The molecule has 4 atom stereocenters. The van der Waals surface area contributed by atoms with E-state index in [2.05, 4.69) is 25.0 Å². The summed E-state index contributed by atoms with van der Waals surface area (Å²) in [6.45, 7) is -0.318. The first-order valence-corrected chi connectivity index (χ1v) is 14.4. The molecule has 0 saturated carbocycles. The van der Waals surface area contributed by atoms with Crippen molar-refractivity contribution in [1.29, 1.82) is 0 Å². The summed E-state index contributed by atoms with van der Waals surface area (Å²) in [4.78, 5) is 13.7. The molecular weight excluding hydrogens is 548 g/mol. The molecule has 12 nitrogen and oxygen atoms in total. The summed E-state index contributed by atoms with van der Waals surface area (Å²) in [7, 11) is -3.84. The molecule has 1 aliphatic rings. The Morgan fingerprint density at radius 2 is 1.66 bits per heavy atom. The molecule has 3 aromatic carbocycles. The molecule has 41 heavy (non-hydrogen) atoms. The van der Waals surface area contributed by atoms with E-state index >= 15 is 0 Å². The minimum absolute atomic E-state index is 0.104. The van der Waals surface area contributed by atoms with Gasteiger partial charge in [0.15, 0.2) is 23.2 Å². The van der Waals surface area contributed by atoms with E-state index in [1.54, 1.807) is 18.2 Å². The fourth-order valence-corrected chi connectivity index (χ4v) is 5.93. The number of aliphatic hydroxyl groups excluding tert-OH is 3. The number of imidazole rings is 1. The summed E-state index contributed by atoms with van der Waals surface area (Å²) in [6, 6.07) is 22.0. The van der Waals surface area contributed by atoms with Crippen LogP contribution in [0.15, 0.2) is 84.0 Å². The van der Waals surface area contributed by atoms with Gasteiger partial charge in [-0.2, -0.15) is 0 Å². The van der Waals surface area contributed by atoms with E-state index in [0.29, 0.717) is 17.9 Å². The number of nitrogens with zero attached hydrogens (tertiary/aromatic N) is 4. The van der Waals surface area contributed by atoms with Gasteiger partial charge in [0.05, 0.1) is 24.4 Å². The van der Waals surface area contributed by atoms with E-state index in [1.165, 1.54) is 23.0 Å². The van der Waals surface area contributed by atoms with Crippen molar-refractivity contribution in [2.24, 2.45) is 0 Å². The van der Waals surface area contributed by atoms with E-state index in [-0.39, 0.29) is 22.9 Å². The Morgan fingerprint density at radius 3 is 2.44 bits per heavy atom. The smallest absolute Gasteiger partial charge is 0.240 e. The Bertz CT molecular complexity index is 1790. The molecule has 1 saturated heterocycles. The molecule has 1 aliphatic heterocycles. The first-order valence-electron chi connectivity index (χ1n) is 13.0. The minimum atomic E-state index is -3.84. The van der Waals surface area contributed by atoms with Crippen LogP contribution in [0.5, 0.6) is 0 Å². The van der Waals surface area contributed by atoms with Crippen LogP contribution in [0.25, 0.3) is 21.9 Å². The Morgan fingerprint density at radius 1 is 0.902 bits per heavy atom. The van der Waals surface area contributed by atoms with Gasteiger partial charge in [0.2, 0.25) is 10.0 Å². The largest absolute Gasteiger partial charge is 0.394 e. The Labute approximate surface area is 235 Å². The maximum absolute atomic E-state index is 12.9. The monoisotopic (exact) mass is 576 g/mol. The molecule has 0 aliphatic carbocycles. The molecule has 0 radical (unpaired) electrons. The van der Waals surface area contributed by atoms with Crippen LogP contribution < -0.4 is 10.0 Å². The quantitative estimate of drug-likeness (QED) is 0.174. The first kappa shape index (κ1) is 27.2. The van der Waals surface area contributed by atoms with Crippen molar-refractivity contribution in [3.05, 3.63) is 90.5 Å². The third-order valence-corrected chi connectivity index (χ3v) is 8.48. The lowest BCUT2D eigenvalue weighted by molar-refractivity contribution is -0.0511. The number of aromatic nitrogens is 4. The molecule has 212 valence electrons. The third kappa shape index (κ3) is 5.26. The van der Waals surface area contributed by atoms with E-state index in [0.717, 1.165) is 16.3 Å². The average Bonchev–Trinajstić information content (AvgIpc) is 3.55. The molecule has 0 spiro atoms. The van der Waals surface area contributed by atoms with Gasteiger partial charge < -0.3 is 25.4 Å². The highest BCUT2D eigenvalue weighted by molar-refractivity contribution is 7.89. The maximum Gasteiger partial charge on any atom is 0.240 e. The SMILES string of the molecule is O=S(=O)(NCc1nc(NCc2cccc3ccccc23)c2ncn([C@@H]3O[C@H](CO)[C@@H](O)[C@H]3O)c2n1)c1ccccc1. The Hall–Kier alpha value is -3.98. The van der Waals surface area contributed by atoms with Crippen LogP contribution in [0.3, 0.4) is 0 Å². The van der Waals surface area contributed by atoms with Crippen LogP contribution in [0.1, 0.15) is 17.6 Å². The molecule has 3 heterocycles. The van der Waals surface area contributed by atoms with Crippen molar-refractivity contribution >= 4 is 37.8 Å². The van der Waals surface area contributed by atoms with Crippen molar-refractivity contribution < 1.29 is 28.5 Å². The Balaban J connectivity index is 1.36. The molecule has 13 heteroatoms. The zero-order valence-corrected chi connectivity index (χ0v) is 22.5. The van der Waals surface area contributed by atoms with Crippen molar-refractivity contribution in [3.63, 3.8) is 0 Å². The van der Waals surface area contributed by atoms with Crippen LogP contribution >= 0.6 is 0 Å². The molecule has 2 aromatic heterocycles. The number of aliphatic hydroxyl groups is 3. The summed E-state index contributed by atoms with van der Waals surface area (Å²) >= 11 is 0. The highest BCUT2D eigenvalue weighted by atomic mass is 32.2. The van der Waals surface area contributed by atoms with Gasteiger partial charge in [-0.05, 0) is 28.5 Å². The van der Waals surface area contributed by atoms with Gasteiger partial charge in [0.1, 0.15) is 24.1 Å². The standard InChI is InChI=1S/C28H28N6O6S/c35-15-21-24(36)25(37)28(40-21)34-16-30-23-26(29-13-18-9-6-8-17-7-4-5-12-20(17)18)32-22(33-27(23)34)14-31-41(38,39)19-10-2-1-3-11-19/h1-12,16,21,24-25,28,31,35-37H,13-15H2,(H,29,32,33)/t21-,24-,25-,28-/m1/s1. The second kappa shape index (κ2) is 11.1. The molecule has 5 N–H and O–H groups in total.